The SMILES string of the molecule is COc1ccc(CC(=O)N2CCC[C@H]2C(=O)Nc2ccc(-n3cccn3)cc2)cc1. The van der Waals surface area contributed by atoms with Gasteiger partial charge in [0.2, 0.25) is 11.8 Å². The van der Waals surface area contributed by atoms with Crippen LogP contribution in [-0.4, -0.2) is 46.2 Å². The quantitative estimate of drug-likeness (QED) is 0.685. The molecule has 30 heavy (non-hydrogen) atoms. The van der Waals surface area contributed by atoms with Gasteiger partial charge in [-0.1, -0.05) is 12.1 Å². The van der Waals surface area contributed by atoms with E-state index in [2.05, 4.69) is 10.4 Å². The molecule has 2 amide bonds. The number of ether oxygens (including phenoxy) is 1. The lowest BCUT2D eigenvalue weighted by atomic mass is 10.1. The van der Waals surface area contributed by atoms with Crippen molar-refractivity contribution < 1.29 is 14.3 Å². The molecule has 1 aliphatic rings. The molecule has 0 bridgehead atoms. The van der Waals surface area contributed by atoms with Crippen molar-refractivity contribution in [1.29, 1.82) is 0 Å². The Bertz CT molecular complexity index is 998. The van der Waals surface area contributed by atoms with Gasteiger partial charge in [-0.3, -0.25) is 9.59 Å². The molecule has 0 saturated carbocycles. The molecule has 154 valence electrons. The first-order valence-electron chi connectivity index (χ1n) is 9.97. The lowest BCUT2D eigenvalue weighted by Gasteiger charge is -2.24. The van der Waals surface area contributed by atoms with Gasteiger partial charge in [0.1, 0.15) is 11.8 Å². The third kappa shape index (κ3) is 4.35. The Labute approximate surface area is 175 Å². The molecular weight excluding hydrogens is 380 g/mol. The van der Waals surface area contributed by atoms with E-state index in [1.807, 2.05) is 60.8 Å². The fourth-order valence-electron chi connectivity index (χ4n) is 3.70. The number of nitrogens with one attached hydrogen (secondary N) is 1. The van der Waals surface area contributed by atoms with Gasteiger partial charge in [-0.15, -0.1) is 0 Å². The van der Waals surface area contributed by atoms with Crippen LogP contribution in [0.2, 0.25) is 0 Å². The zero-order valence-corrected chi connectivity index (χ0v) is 16.8. The van der Waals surface area contributed by atoms with Crippen molar-refractivity contribution in [2.24, 2.45) is 0 Å². The number of benzene rings is 2. The van der Waals surface area contributed by atoms with Crippen molar-refractivity contribution in [2.75, 3.05) is 19.0 Å². The minimum absolute atomic E-state index is 0.0353. The van der Waals surface area contributed by atoms with Gasteiger partial charge in [-0.2, -0.15) is 5.10 Å². The van der Waals surface area contributed by atoms with Gasteiger partial charge in [-0.25, -0.2) is 4.68 Å². The van der Waals surface area contributed by atoms with Gasteiger partial charge in [0.25, 0.3) is 0 Å². The summed E-state index contributed by atoms with van der Waals surface area (Å²) < 4.78 is 6.91. The number of rotatable bonds is 6. The highest BCUT2D eigenvalue weighted by Gasteiger charge is 2.33. The van der Waals surface area contributed by atoms with Crippen molar-refractivity contribution in [3.8, 4) is 11.4 Å². The van der Waals surface area contributed by atoms with Crippen LogP contribution in [0.25, 0.3) is 5.69 Å². The molecule has 0 spiro atoms. The van der Waals surface area contributed by atoms with Crippen molar-refractivity contribution in [2.45, 2.75) is 25.3 Å². The predicted molar refractivity (Wildman–Crippen MR) is 114 cm³/mol. The lowest BCUT2D eigenvalue weighted by Crippen LogP contribution is -2.43. The number of hydrogen-bond donors (Lipinski definition) is 1. The molecule has 4 rings (SSSR count). The summed E-state index contributed by atoms with van der Waals surface area (Å²) in [5.41, 5.74) is 2.52. The molecule has 2 heterocycles. The monoisotopic (exact) mass is 404 g/mol. The van der Waals surface area contributed by atoms with Gasteiger partial charge in [0.05, 0.1) is 19.2 Å². The number of hydrogen-bond acceptors (Lipinski definition) is 4. The average Bonchev–Trinajstić information content (AvgIpc) is 3.47. The van der Waals surface area contributed by atoms with Crippen LogP contribution in [0.15, 0.2) is 67.0 Å². The standard InChI is InChI=1S/C23H24N4O3/c1-30-20-11-5-17(6-12-20)16-22(28)26-14-2-4-21(26)23(29)25-18-7-9-19(10-8-18)27-15-3-13-24-27/h3,5-13,15,21H,2,4,14,16H2,1H3,(H,25,29)/t21-/m0/s1. The van der Waals surface area contributed by atoms with Crippen molar-refractivity contribution >= 4 is 17.5 Å². The number of likely N-dealkylation sites (tertiary alicyclic amines) is 1. The average molecular weight is 404 g/mol. The van der Waals surface area contributed by atoms with Gasteiger partial charge in [0.15, 0.2) is 0 Å². The Morgan fingerprint density at radius 2 is 1.90 bits per heavy atom. The third-order valence-electron chi connectivity index (χ3n) is 5.29. The topological polar surface area (TPSA) is 76.5 Å². The summed E-state index contributed by atoms with van der Waals surface area (Å²) >= 11 is 0. The van der Waals surface area contributed by atoms with Gasteiger partial charge in [-0.05, 0) is 60.9 Å². The first kappa shape index (κ1) is 19.7. The Hall–Kier alpha value is -3.61. The van der Waals surface area contributed by atoms with Crippen LogP contribution in [0.3, 0.4) is 0 Å². The van der Waals surface area contributed by atoms with E-state index in [-0.39, 0.29) is 18.2 Å². The van der Waals surface area contributed by atoms with E-state index in [4.69, 9.17) is 4.74 Å². The fraction of sp³-hybridized carbons (Fsp3) is 0.261. The number of methoxy groups -OCH3 is 1. The molecule has 1 fully saturated rings. The third-order valence-corrected chi connectivity index (χ3v) is 5.29. The molecule has 1 atom stereocenters. The zero-order chi connectivity index (χ0) is 20.9. The number of amides is 2. The van der Waals surface area contributed by atoms with Crippen LogP contribution in [0.1, 0.15) is 18.4 Å². The molecule has 1 N–H and O–H groups in total. The molecule has 1 aromatic heterocycles. The Kier molecular flexibility index (Phi) is 5.79. The number of anilines is 1. The molecule has 7 nitrogen and oxygen atoms in total. The van der Waals surface area contributed by atoms with E-state index >= 15 is 0 Å². The lowest BCUT2D eigenvalue weighted by molar-refractivity contribution is -0.136. The van der Waals surface area contributed by atoms with Crippen molar-refractivity contribution in [3.63, 3.8) is 0 Å². The highest BCUT2D eigenvalue weighted by atomic mass is 16.5. The Balaban J connectivity index is 1.38. The summed E-state index contributed by atoms with van der Waals surface area (Å²) in [4.78, 5) is 27.3. The number of carbonyl (C=O) groups is 2. The highest BCUT2D eigenvalue weighted by molar-refractivity contribution is 5.97. The van der Waals surface area contributed by atoms with Gasteiger partial charge < -0.3 is 15.0 Å². The van der Waals surface area contributed by atoms with E-state index in [0.29, 0.717) is 18.7 Å². The summed E-state index contributed by atoms with van der Waals surface area (Å²) in [7, 11) is 1.61. The first-order valence-corrected chi connectivity index (χ1v) is 9.97. The summed E-state index contributed by atoms with van der Waals surface area (Å²) in [6.07, 6.45) is 5.34. The number of aromatic nitrogens is 2. The van der Waals surface area contributed by atoms with Crippen LogP contribution >= 0.6 is 0 Å². The first-order chi connectivity index (χ1) is 14.6. The van der Waals surface area contributed by atoms with E-state index in [0.717, 1.165) is 23.4 Å². The van der Waals surface area contributed by atoms with Crippen LogP contribution in [0.5, 0.6) is 5.75 Å². The molecule has 2 aromatic carbocycles. The van der Waals surface area contributed by atoms with Crippen LogP contribution < -0.4 is 10.1 Å². The van der Waals surface area contributed by atoms with Gasteiger partial charge >= 0.3 is 0 Å². The van der Waals surface area contributed by atoms with E-state index in [1.54, 1.807) is 22.9 Å². The van der Waals surface area contributed by atoms with Crippen molar-refractivity contribution in [1.82, 2.24) is 14.7 Å². The summed E-state index contributed by atoms with van der Waals surface area (Å²) in [5, 5.41) is 7.13. The maximum Gasteiger partial charge on any atom is 0.247 e. The fourth-order valence-corrected chi connectivity index (χ4v) is 3.70. The maximum atomic E-state index is 12.8. The predicted octanol–water partition coefficient (Wildman–Crippen LogP) is 3.05. The maximum absolute atomic E-state index is 12.8. The molecule has 1 saturated heterocycles. The molecule has 7 heteroatoms. The highest BCUT2D eigenvalue weighted by Crippen LogP contribution is 2.22. The van der Waals surface area contributed by atoms with Crippen molar-refractivity contribution in [3.05, 3.63) is 72.6 Å². The molecule has 0 radical (unpaired) electrons. The smallest absolute Gasteiger partial charge is 0.247 e. The molecule has 3 aromatic rings. The second-order valence-electron chi connectivity index (χ2n) is 7.26. The van der Waals surface area contributed by atoms with E-state index in [9.17, 15) is 9.59 Å². The van der Waals surface area contributed by atoms with E-state index < -0.39 is 6.04 Å². The van der Waals surface area contributed by atoms with Crippen LogP contribution in [0.4, 0.5) is 5.69 Å². The Morgan fingerprint density at radius 1 is 1.13 bits per heavy atom. The second-order valence-corrected chi connectivity index (χ2v) is 7.26. The molecular formula is C23H24N4O3. The normalized spacial score (nSPS) is 15.8. The molecule has 0 aliphatic carbocycles. The zero-order valence-electron chi connectivity index (χ0n) is 16.8. The molecule has 1 aliphatic heterocycles. The largest absolute Gasteiger partial charge is 0.497 e. The van der Waals surface area contributed by atoms with E-state index in [1.165, 1.54) is 0 Å². The van der Waals surface area contributed by atoms with Crippen LogP contribution in [0, 0.1) is 0 Å². The summed E-state index contributed by atoms with van der Waals surface area (Å²) in [5.74, 6) is 0.567. The minimum Gasteiger partial charge on any atom is -0.497 e. The number of nitrogens with zero attached hydrogens (tertiary/aromatic N) is 3. The summed E-state index contributed by atoms with van der Waals surface area (Å²) in [6.45, 7) is 0.602. The second kappa shape index (κ2) is 8.82. The minimum atomic E-state index is -0.443. The Morgan fingerprint density at radius 3 is 2.57 bits per heavy atom. The van der Waals surface area contributed by atoms with Crippen LogP contribution in [-0.2, 0) is 16.0 Å². The molecule has 0 unspecified atom stereocenters. The number of carbonyl (C=O) groups excluding carboxylic acids is 2. The summed E-state index contributed by atoms with van der Waals surface area (Å²) in [6, 6.07) is 16.3. The van der Waals surface area contributed by atoms with Gasteiger partial charge in [0, 0.05) is 24.6 Å².